The summed E-state index contributed by atoms with van der Waals surface area (Å²) in [6, 6.07) is 0. The van der Waals surface area contributed by atoms with E-state index in [1.807, 2.05) is 0 Å². The van der Waals surface area contributed by atoms with E-state index in [-0.39, 0.29) is 5.28 Å². The highest BCUT2D eigenvalue weighted by Gasteiger charge is 2.21. The van der Waals surface area contributed by atoms with E-state index in [2.05, 4.69) is 31.2 Å². The molecule has 1 aliphatic rings. The maximum Gasteiger partial charge on any atom is 0.224 e. The molecule has 1 aliphatic carbocycles. The fraction of sp³-hybridized carbons (Fsp3) is 0.500. The van der Waals surface area contributed by atoms with Gasteiger partial charge in [0.1, 0.15) is 5.82 Å². The van der Waals surface area contributed by atoms with Gasteiger partial charge in [0.15, 0.2) is 0 Å². The lowest BCUT2D eigenvalue weighted by Crippen LogP contribution is -2.06. The maximum absolute atomic E-state index is 5.66. The molecule has 1 fully saturated rings. The van der Waals surface area contributed by atoms with Gasteiger partial charge in [0.2, 0.25) is 5.28 Å². The first kappa shape index (κ1) is 9.21. The van der Waals surface area contributed by atoms with Gasteiger partial charge in [-0.25, -0.2) is 4.98 Å². The van der Waals surface area contributed by atoms with Gasteiger partial charge in [0.25, 0.3) is 0 Å². The van der Waals surface area contributed by atoms with Gasteiger partial charge in [-0.05, 0) is 46.3 Å². The number of nitrogens with zero attached hydrogens (tertiary/aromatic N) is 2. The van der Waals surface area contributed by atoms with Gasteiger partial charge >= 0.3 is 0 Å². The Morgan fingerprint density at radius 1 is 1.62 bits per heavy atom. The third-order valence-electron chi connectivity index (χ3n) is 1.97. The average molecular weight is 263 g/mol. The van der Waals surface area contributed by atoms with E-state index < -0.39 is 0 Å². The Morgan fingerprint density at radius 2 is 2.38 bits per heavy atom. The molecule has 5 heteroatoms. The molecule has 0 aliphatic heterocycles. The average Bonchev–Trinajstić information content (AvgIpc) is 2.90. The maximum atomic E-state index is 5.66. The SMILES string of the molecule is Clc1ncc(Br)c(NCC2CC2)n1. The third kappa shape index (κ3) is 2.54. The molecule has 1 N–H and O–H groups in total. The summed E-state index contributed by atoms with van der Waals surface area (Å²) >= 11 is 9.02. The summed E-state index contributed by atoms with van der Waals surface area (Å²) in [4.78, 5) is 7.92. The molecule has 1 aromatic heterocycles. The molecule has 0 spiro atoms. The Morgan fingerprint density at radius 3 is 3.08 bits per heavy atom. The number of rotatable bonds is 3. The molecule has 1 saturated carbocycles. The van der Waals surface area contributed by atoms with E-state index >= 15 is 0 Å². The first-order valence-corrected chi connectivity index (χ1v) is 5.34. The van der Waals surface area contributed by atoms with Gasteiger partial charge in [-0.1, -0.05) is 0 Å². The minimum Gasteiger partial charge on any atom is -0.369 e. The molecule has 3 nitrogen and oxygen atoms in total. The van der Waals surface area contributed by atoms with E-state index in [1.165, 1.54) is 12.8 Å². The zero-order valence-corrected chi connectivity index (χ0v) is 9.27. The first-order chi connectivity index (χ1) is 6.25. The molecule has 70 valence electrons. The van der Waals surface area contributed by atoms with Crippen LogP contribution in [0, 0.1) is 5.92 Å². The largest absolute Gasteiger partial charge is 0.369 e. The normalized spacial score (nSPS) is 15.8. The van der Waals surface area contributed by atoms with E-state index in [0.717, 1.165) is 22.8 Å². The monoisotopic (exact) mass is 261 g/mol. The minimum absolute atomic E-state index is 0.279. The number of anilines is 1. The van der Waals surface area contributed by atoms with Gasteiger partial charge < -0.3 is 5.32 Å². The van der Waals surface area contributed by atoms with Crippen LogP contribution in [-0.2, 0) is 0 Å². The molecular formula is C8H9BrClN3. The van der Waals surface area contributed by atoms with Crippen molar-refractivity contribution in [3.63, 3.8) is 0 Å². The fourth-order valence-electron chi connectivity index (χ4n) is 1.03. The van der Waals surface area contributed by atoms with Crippen LogP contribution in [0.5, 0.6) is 0 Å². The number of hydrogen-bond donors (Lipinski definition) is 1. The molecule has 0 atom stereocenters. The Balaban J connectivity index is 2.03. The Bertz CT molecular complexity index is 314. The molecule has 0 amide bonds. The number of halogens is 2. The van der Waals surface area contributed by atoms with E-state index in [9.17, 15) is 0 Å². The van der Waals surface area contributed by atoms with Crippen molar-refractivity contribution in [3.8, 4) is 0 Å². The van der Waals surface area contributed by atoms with Gasteiger partial charge in [-0.3, -0.25) is 0 Å². The molecule has 1 aromatic rings. The fourth-order valence-corrected chi connectivity index (χ4v) is 1.50. The van der Waals surface area contributed by atoms with Crippen molar-refractivity contribution in [2.75, 3.05) is 11.9 Å². The molecule has 0 aromatic carbocycles. The highest BCUT2D eigenvalue weighted by molar-refractivity contribution is 9.10. The van der Waals surface area contributed by atoms with Crippen molar-refractivity contribution in [1.82, 2.24) is 9.97 Å². The van der Waals surface area contributed by atoms with Crippen molar-refractivity contribution in [2.24, 2.45) is 5.92 Å². The van der Waals surface area contributed by atoms with Gasteiger partial charge in [0.05, 0.1) is 4.47 Å². The third-order valence-corrected chi connectivity index (χ3v) is 2.73. The van der Waals surface area contributed by atoms with Crippen molar-refractivity contribution >= 4 is 33.3 Å². The van der Waals surface area contributed by atoms with Crippen LogP contribution in [0.4, 0.5) is 5.82 Å². The Labute approximate surface area is 90.0 Å². The smallest absolute Gasteiger partial charge is 0.224 e. The van der Waals surface area contributed by atoms with Crippen LogP contribution in [0.2, 0.25) is 5.28 Å². The van der Waals surface area contributed by atoms with E-state index in [0.29, 0.717) is 0 Å². The number of nitrogens with one attached hydrogen (secondary N) is 1. The van der Waals surface area contributed by atoms with Crippen LogP contribution in [0.3, 0.4) is 0 Å². The minimum atomic E-state index is 0.279. The summed E-state index contributed by atoms with van der Waals surface area (Å²) in [5.74, 6) is 1.60. The topological polar surface area (TPSA) is 37.8 Å². The van der Waals surface area contributed by atoms with Crippen LogP contribution in [-0.4, -0.2) is 16.5 Å². The highest BCUT2D eigenvalue weighted by Crippen LogP contribution is 2.29. The molecule has 0 bridgehead atoms. The Kier molecular flexibility index (Phi) is 2.69. The second kappa shape index (κ2) is 3.80. The lowest BCUT2D eigenvalue weighted by molar-refractivity contribution is 0.879. The van der Waals surface area contributed by atoms with Gasteiger partial charge in [-0.2, -0.15) is 4.98 Å². The van der Waals surface area contributed by atoms with Crippen molar-refractivity contribution < 1.29 is 0 Å². The molecule has 0 saturated heterocycles. The lowest BCUT2D eigenvalue weighted by Gasteiger charge is -2.05. The zero-order chi connectivity index (χ0) is 9.26. The van der Waals surface area contributed by atoms with E-state index in [4.69, 9.17) is 11.6 Å². The molecule has 1 heterocycles. The zero-order valence-electron chi connectivity index (χ0n) is 6.93. The first-order valence-electron chi connectivity index (χ1n) is 4.17. The molecule has 0 radical (unpaired) electrons. The predicted molar refractivity (Wildman–Crippen MR) is 56.0 cm³/mol. The van der Waals surface area contributed by atoms with Gasteiger partial charge in [-0.15, -0.1) is 0 Å². The lowest BCUT2D eigenvalue weighted by atomic mass is 10.4. The predicted octanol–water partition coefficient (Wildman–Crippen LogP) is 2.71. The summed E-state index contributed by atoms with van der Waals surface area (Å²) in [5.41, 5.74) is 0. The van der Waals surface area contributed by atoms with Crippen LogP contribution in [0.1, 0.15) is 12.8 Å². The van der Waals surface area contributed by atoms with Gasteiger partial charge in [0, 0.05) is 12.7 Å². The highest BCUT2D eigenvalue weighted by atomic mass is 79.9. The standard InChI is InChI=1S/C8H9BrClN3/c9-6-4-12-8(10)13-7(6)11-3-5-1-2-5/h4-5H,1-3H2,(H,11,12,13). The summed E-state index contributed by atoms with van der Waals surface area (Å²) < 4.78 is 0.859. The summed E-state index contributed by atoms with van der Waals surface area (Å²) in [5, 5.41) is 3.51. The van der Waals surface area contributed by atoms with E-state index in [1.54, 1.807) is 6.20 Å². The van der Waals surface area contributed by atoms with Crippen LogP contribution in [0.15, 0.2) is 10.7 Å². The van der Waals surface area contributed by atoms with Crippen molar-refractivity contribution in [2.45, 2.75) is 12.8 Å². The molecule has 0 unspecified atom stereocenters. The van der Waals surface area contributed by atoms with Crippen LogP contribution < -0.4 is 5.32 Å². The number of aromatic nitrogens is 2. The van der Waals surface area contributed by atoms with Crippen molar-refractivity contribution in [3.05, 3.63) is 16.0 Å². The molecule has 2 rings (SSSR count). The van der Waals surface area contributed by atoms with Crippen molar-refractivity contribution in [1.29, 1.82) is 0 Å². The van der Waals surface area contributed by atoms with Crippen LogP contribution in [0.25, 0.3) is 0 Å². The second-order valence-corrected chi connectivity index (χ2v) is 4.35. The van der Waals surface area contributed by atoms with Crippen LogP contribution >= 0.6 is 27.5 Å². The summed E-state index contributed by atoms with van der Waals surface area (Å²) in [6.07, 6.45) is 4.30. The molecule has 13 heavy (non-hydrogen) atoms. The number of hydrogen-bond acceptors (Lipinski definition) is 3. The summed E-state index contributed by atoms with van der Waals surface area (Å²) in [6.45, 7) is 0.978. The summed E-state index contributed by atoms with van der Waals surface area (Å²) in [7, 11) is 0. The Hall–Kier alpha value is -0.350. The second-order valence-electron chi connectivity index (χ2n) is 3.16. The quantitative estimate of drug-likeness (QED) is 0.851. The molecular weight excluding hydrogens is 253 g/mol.